The average molecular weight is 420 g/mol. The first kappa shape index (κ1) is 18.2. The highest BCUT2D eigenvalue weighted by molar-refractivity contribution is 6.36. The fraction of sp³-hybridized carbons (Fsp3) is 0.0455. The summed E-state index contributed by atoms with van der Waals surface area (Å²) < 4.78 is 1.75. The van der Waals surface area contributed by atoms with Gasteiger partial charge in [-0.25, -0.2) is 0 Å². The second-order valence-corrected chi connectivity index (χ2v) is 7.45. The van der Waals surface area contributed by atoms with Crippen LogP contribution in [-0.2, 0) is 11.8 Å². The number of nitrogens with one attached hydrogen (secondary N) is 2. The van der Waals surface area contributed by atoms with Crippen LogP contribution in [0, 0.1) is 0 Å². The van der Waals surface area contributed by atoms with E-state index in [1.807, 2.05) is 0 Å². The number of aromatic hydroxyl groups is 1. The Morgan fingerprint density at radius 3 is 2.53 bits per heavy atom. The minimum Gasteiger partial charge on any atom is -0.506 e. The average Bonchev–Trinajstić information content (AvgIpc) is 3.16. The summed E-state index contributed by atoms with van der Waals surface area (Å²) in [6.45, 7) is 0. The summed E-state index contributed by atoms with van der Waals surface area (Å²) in [6.07, 6.45) is 0.502. The SMILES string of the molecule is Cn1c2cc(-c3ccccc3Cl)c3c(c2c2cc(NC=O)cc(O)c21)C(=O)NC3=O. The lowest BCUT2D eigenvalue weighted by molar-refractivity contribution is -0.105. The molecule has 0 atom stereocenters. The Balaban J connectivity index is 2.00. The number of carbonyl (C=O) groups is 3. The maximum Gasteiger partial charge on any atom is 0.259 e. The summed E-state index contributed by atoms with van der Waals surface area (Å²) in [5.74, 6) is -1.09. The highest BCUT2D eigenvalue weighted by Crippen LogP contribution is 2.44. The summed E-state index contributed by atoms with van der Waals surface area (Å²) in [7, 11) is 1.76. The number of imide groups is 1. The van der Waals surface area contributed by atoms with Gasteiger partial charge in [-0.15, -0.1) is 0 Å². The third-order valence-electron chi connectivity index (χ3n) is 5.43. The summed E-state index contributed by atoms with van der Waals surface area (Å²) in [5.41, 5.74) is 3.11. The molecule has 7 nitrogen and oxygen atoms in total. The van der Waals surface area contributed by atoms with Gasteiger partial charge in [0.1, 0.15) is 5.75 Å². The Morgan fingerprint density at radius 2 is 1.80 bits per heavy atom. The van der Waals surface area contributed by atoms with Crippen LogP contribution in [0.5, 0.6) is 5.75 Å². The predicted molar refractivity (Wildman–Crippen MR) is 114 cm³/mol. The van der Waals surface area contributed by atoms with E-state index in [2.05, 4.69) is 10.6 Å². The zero-order valence-electron chi connectivity index (χ0n) is 15.6. The number of fused-ring (bicyclic) bond motifs is 5. The van der Waals surface area contributed by atoms with Gasteiger partial charge in [0.25, 0.3) is 11.8 Å². The zero-order valence-corrected chi connectivity index (χ0v) is 16.4. The Morgan fingerprint density at radius 1 is 1.07 bits per heavy atom. The molecule has 0 bridgehead atoms. The molecule has 1 aromatic heterocycles. The van der Waals surface area contributed by atoms with Crippen LogP contribution in [0.1, 0.15) is 20.7 Å². The molecule has 0 saturated heterocycles. The number of anilines is 1. The van der Waals surface area contributed by atoms with Gasteiger partial charge in [-0.3, -0.25) is 19.7 Å². The van der Waals surface area contributed by atoms with Crippen molar-refractivity contribution in [3.05, 3.63) is 58.6 Å². The highest BCUT2D eigenvalue weighted by atomic mass is 35.5. The van der Waals surface area contributed by atoms with Crippen molar-refractivity contribution in [1.82, 2.24) is 9.88 Å². The van der Waals surface area contributed by atoms with Crippen molar-refractivity contribution in [3.63, 3.8) is 0 Å². The van der Waals surface area contributed by atoms with Crippen molar-refractivity contribution in [1.29, 1.82) is 0 Å². The number of hydrogen-bond donors (Lipinski definition) is 3. The van der Waals surface area contributed by atoms with E-state index in [0.29, 0.717) is 50.1 Å². The molecule has 2 heterocycles. The van der Waals surface area contributed by atoms with Crippen molar-refractivity contribution in [2.45, 2.75) is 0 Å². The maximum absolute atomic E-state index is 12.8. The van der Waals surface area contributed by atoms with E-state index in [1.165, 1.54) is 6.07 Å². The minimum atomic E-state index is -0.519. The summed E-state index contributed by atoms with van der Waals surface area (Å²) in [5, 5.41) is 17.0. The Labute approximate surface area is 174 Å². The first-order valence-electron chi connectivity index (χ1n) is 9.05. The van der Waals surface area contributed by atoms with Gasteiger partial charge < -0.3 is 15.0 Å². The van der Waals surface area contributed by atoms with Crippen LogP contribution in [0.2, 0.25) is 5.02 Å². The molecule has 5 rings (SSSR count). The van der Waals surface area contributed by atoms with Gasteiger partial charge in [0.15, 0.2) is 0 Å². The normalized spacial score (nSPS) is 13.0. The number of nitrogens with zero attached hydrogens (tertiary/aromatic N) is 1. The molecule has 0 radical (unpaired) electrons. The third-order valence-corrected chi connectivity index (χ3v) is 5.76. The standard InChI is InChI=1S/C22H14ClN3O4/c1-26-15-8-12(11-4-2-3-5-14(11)23)18-19(22(30)25-21(18)29)17(15)13-6-10(24-9-27)7-16(28)20(13)26/h2-9,28H,1H3,(H,24,27)(H,25,29,30). The van der Waals surface area contributed by atoms with Gasteiger partial charge in [-0.1, -0.05) is 29.8 Å². The number of phenolic OH excluding ortho intramolecular Hbond substituents is 1. The van der Waals surface area contributed by atoms with E-state index < -0.39 is 11.8 Å². The first-order valence-corrected chi connectivity index (χ1v) is 9.43. The third kappa shape index (κ3) is 2.36. The number of hydrogen-bond acceptors (Lipinski definition) is 4. The molecule has 3 amide bonds. The molecule has 3 N–H and O–H groups in total. The van der Waals surface area contributed by atoms with Crippen molar-refractivity contribution in [2.24, 2.45) is 7.05 Å². The fourth-order valence-electron chi connectivity index (χ4n) is 4.22. The van der Waals surface area contributed by atoms with E-state index in [4.69, 9.17) is 11.6 Å². The van der Waals surface area contributed by atoms with Crippen molar-refractivity contribution in [3.8, 4) is 16.9 Å². The maximum atomic E-state index is 12.8. The van der Waals surface area contributed by atoms with Crippen LogP contribution in [0.4, 0.5) is 5.69 Å². The minimum absolute atomic E-state index is 0.0617. The van der Waals surface area contributed by atoms with E-state index in [-0.39, 0.29) is 16.9 Å². The van der Waals surface area contributed by atoms with Gasteiger partial charge in [-0.2, -0.15) is 0 Å². The smallest absolute Gasteiger partial charge is 0.259 e. The van der Waals surface area contributed by atoms with Crippen LogP contribution in [0.25, 0.3) is 32.9 Å². The Bertz CT molecular complexity index is 1440. The molecule has 0 unspecified atom stereocenters. The zero-order chi connectivity index (χ0) is 21.2. The molecular formula is C22H14ClN3O4. The van der Waals surface area contributed by atoms with Crippen LogP contribution < -0.4 is 10.6 Å². The van der Waals surface area contributed by atoms with Crippen LogP contribution in [0.15, 0.2) is 42.5 Å². The topological polar surface area (TPSA) is 100 Å². The molecule has 0 saturated carbocycles. The van der Waals surface area contributed by atoms with Crippen molar-refractivity contribution >= 4 is 57.3 Å². The van der Waals surface area contributed by atoms with Gasteiger partial charge in [0.05, 0.1) is 22.2 Å². The van der Waals surface area contributed by atoms with E-state index in [9.17, 15) is 19.5 Å². The fourth-order valence-corrected chi connectivity index (χ4v) is 4.46. The lowest BCUT2D eigenvalue weighted by Gasteiger charge is -2.10. The second-order valence-electron chi connectivity index (χ2n) is 7.04. The molecule has 1 aliphatic heterocycles. The highest BCUT2D eigenvalue weighted by Gasteiger charge is 2.35. The van der Waals surface area contributed by atoms with Crippen LogP contribution >= 0.6 is 11.6 Å². The van der Waals surface area contributed by atoms with Crippen LogP contribution in [0.3, 0.4) is 0 Å². The van der Waals surface area contributed by atoms with E-state index in [1.54, 1.807) is 48.0 Å². The number of aromatic nitrogens is 1. The number of rotatable bonds is 3. The second kappa shape index (κ2) is 6.33. The molecule has 1 aliphatic rings. The number of benzene rings is 3. The number of halogens is 1. The molecule has 0 spiro atoms. The lowest BCUT2D eigenvalue weighted by atomic mass is 9.93. The van der Waals surface area contributed by atoms with Gasteiger partial charge in [0.2, 0.25) is 6.41 Å². The molecule has 3 aromatic carbocycles. The number of amides is 3. The molecule has 148 valence electrons. The number of carbonyl (C=O) groups excluding carboxylic acids is 3. The Hall–Kier alpha value is -3.84. The Kier molecular flexibility index (Phi) is 3.84. The predicted octanol–water partition coefficient (Wildman–Crippen LogP) is 3.81. The molecule has 8 heteroatoms. The molecule has 4 aromatic rings. The van der Waals surface area contributed by atoms with Gasteiger partial charge in [-0.05, 0) is 23.8 Å². The lowest BCUT2D eigenvalue weighted by Crippen LogP contribution is -2.20. The first-order chi connectivity index (χ1) is 14.4. The quantitative estimate of drug-likeness (QED) is 0.347. The molecule has 0 fully saturated rings. The summed E-state index contributed by atoms with van der Waals surface area (Å²) >= 11 is 6.39. The monoisotopic (exact) mass is 419 g/mol. The summed E-state index contributed by atoms with van der Waals surface area (Å²) in [4.78, 5) is 36.4. The van der Waals surface area contributed by atoms with E-state index in [0.717, 1.165) is 0 Å². The number of aryl methyl sites for hydroxylation is 1. The van der Waals surface area contributed by atoms with Gasteiger partial charge >= 0.3 is 0 Å². The molecular weight excluding hydrogens is 406 g/mol. The van der Waals surface area contributed by atoms with Gasteiger partial charge in [0, 0.05) is 40.2 Å². The molecule has 30 heavy (non-hydrogen) atoms. The van der Waals surface area contributed by atoms with E-state index >= 15 is 0 Å². The largest absolute Gasteiger partial charge is 0.506 e. The van der Waals surface area contributed by atoms with Crippen molar-refractivity contribution in [2.75, 3.05) is 5.32 Å². The number of phenols is 1. The molecule has 0 aliphatic carbocycles. The summed E-state index contributed by atoms with van der Waals surface area (Å²) in [6, 6.07) is 12.0. The van der Waals surface area contributed by atoms with Crippen molar-refractivity contribution < 1.29 is 19.5 Å². The van der Waals surface area contributed by atoms with Crippen LogP contribution in [-0.4, -0.2) is 27.9 Å².